The molecule has 1 rings (SSSR count). The number of carbonyl (C=O) groups is 3. The number of likely N-dealkylation sites (tertiary alicyclic amines) is 1. The minimum Gasteiger partial charge on any atom is -0.481 e. The number of urea groups is 1. The van der Waals surface area contributed by atoms with Crippen molar-refractivity contribution in [3.8, 4) is 0 Å². The average Bonchev–Trinajstić information content (AvgIpc) is 2.36. The fourth-order valence-corrected chi connectivity index (χ4v) is 2.46. The number of nitrogens with zero attached hydrogens (tertiary/aromatic N) is 1. The molecule has 1 saturated heterocycles. The van der Waals surface area contributed by atoms with Gasteiger partial charge in [-0.2, -0.15) is 0 Å². The Hall–Kier alpha value is -1.79. The number of nitrogens with one attached hydrogen (secondary N) is 1. The van der Waals surface area contributed by atoms with Gasteiger partial charge in [0.05, 0.1) is 5.92 Å². The zero-order valence-electron chi connectivity index (χ0n) is 12.0. The highest BCUT2D eigenvalue weighted by Crippen LogP contribution is 2.18. The third-order valence-electron chi connectivity index (χ3n) is 3.40. The van der Waals surface area contributed by atoms with Crippen LogP contribution in [0, 0.1) is 11.8 Å². The largest absolute Gasteiger partial charge is 0.481 e. The number of primary amides is 1. The molecule has 3 amide bonds. The molecule has 114 valence electrons. The monoisotopic (exact) mass is 285 g/mol. The summed E-state index contributed by atoms with van der Waals surface area (Å²) in [6.45, 7) is 4.61. The van der Waals surface area contributed by atoms with Gasteiger partial charge in [-0.3, -0.25) is 9.59 Å². The van der Waals surface area contributed by atoms with E-state index in [1.807, 2.05) is 13.8 Å². The fourth-order valence-electron chi connectivity index (χ4n) is 2.46. The molecule has 7 heteroatoms. The molecular weight excluding hydrogens is 262 g/mol. The van der Waals surface area contributed by atoms with Gasteiger partial charge in [-0.05, 0) is 25.2 Å². The maximum Gasteiger partial charge on any atom is 0.312 e. The summed E-state index contributed by atoms with van der Waals surface area (Å²) >= 11 is 0. The van der Waals surface area contributed by atoms with Crippen molar-refractivity contribution < 1.29 is 19.5 Å². The first kappa shape index (κ1) is 16.3. The lowest BCUT2D eigenvalue weighted by Gasteiger charge is -2.33. The molecule has 4 N–H and O–H groups in total. The van der Waals surface area contributed by atoms with Crippen molar-refractivity contribution in [2.75, 3.05) is 13.1 Å². The Morgan fingerprint density at radius 2 is 2.05 bits per heavy atom. The number of amides is 3. The second-order valence-electron chi connectivity index (χ2n) is 5.65. The van der Waals surface area contributed by atoms with Gasteiger partial charge >= 0.3 is 12.0 Å². The van der Waals surface area contributed by atoms with Gasteiger partial charge in [0.25, 0.3) is 0 Å². The second kappa shape index (κ2) is 7.12. The molecule has 0 bridgehead atoms. The van der Waals surface area contributed by atoms with Crippen molar-refractivity contribution in [2.24, 2.45) is 17.6 Å². The molecule has 1 fully saturated rings. The number of aliphatic carboxylic acids is 1. The zero-order chi connectivity index (χ0) is 15.3. The van der Waals surface area contributed by atoms with Gasteiger partial charge < -0.3 is 21.1 Å². The summed E-state index contributed by atoms with van der Waals surface area (Å²) in [5, 5.41) is 11.5. The van der Waals surface area contributed by atoms with Crippen LogP contribution in [0.1, 0.15) is 33.1 Å². The van der Waals surface area contributed by atoms with Gasteiger partial charge in [-0.15, -0.1) is 0 Å². The van der Waals surface area contributed by atoms with E-state index in [2.05, 4.69) is 5.32 Å². The van der Waals surface area contributed by atoms with E-state index in [1.165, 1.54) is 4.90 Å². The Labute approximate surface area is 118 Å². The Morgan fingerprint density at radius 3 is 2.55 bits per heavy atom. The van der Waals surface area contributed by atoms with Crippen LogP contribution in [0.4, 0.5) is 4.79 Å². The lowest BCUT2D eigenvalue weighted by atomic mass is 9.96. The third-order valence-corrected chi connectivity index (χ3v) is 3.40. The average molecular weight is 285 g/mol. The quantitative estimate of drug-likeness (QED) is 0.678. The Balaban J connectivity index is 2.72. The van der Waals surface area contributed by atoms with Crippen molar-refractivity contribution in [2.45, 2.75) is 39.2 Å². The van der Waals surface area contributed by atoms with Crippen LogP contribution in [0.3, 0.4) is 0 Å². The van der Waals surface area contributed by atoms with Crippen LogP contribution in [0.15, 0.2) is 0 Å². The van der Waals surface area contributed by atoms with Gasteiger partial charge in [-0.1, -0.05) is 13.8 Å². The highest BCUT2D eigenvalue weighted by Gasteiger charge is 2.32. The van der Waals surface area contributed by atoms with Crippen LogP contribution in [0.25, 0.3) is 0 Å². The first-order valence-electron chi connectivity index (χ1n) is 6.88. The van der Waals surface area contributed by atoms with Crippen molar-refractivity contribution in [3.05, 3.63) is 0 Å². The first-order valence-corrected chi connectivity index (χ1v) is 6.88. The molecule has 2 atom stereocenters. The highest BCUT2D eigenvalue weighted by molar-refractivity contribution is 5.87. The van der Waals surface area contributed by atoms with Crippen molar-refractivity contribution in [1.82, 2.24) is 10.2 Å². The molecule has 0 aromatic carbocycles. The SMILES string of the molecule is CC(C)CC(NC(N)=O)C(=O)N1CCCC(C(=O)O)C1. The maximum atomic E-state index is 12.4. The number of nitrogens with two attached hydrogens (primary N) is 1. The molecule has 1 aliphatic rings. The number of hydrogen-bond acceptors (Lipinski definition) is 3. The molecular formula is C13H23N3O4. The summed E-state index contributed by atoms with van der Waals surface area (Å²) in [5.41, 5.74) is 5.10. The summed E-state index contributed by atoms with van der Waals surface area (Å²) in [5.74, 6) is -1.44. The van der Waals surface area contributed by atoms with Crippen LogP contribution in [-0.4, -0.2) is 47.0 Å². The van der Waals surface area contributed by atoms with Crippen LogP contribution >= 0.6 is 0 Å². The molecule has 2 unspecified atom stereocenters. The van der Waals surface area contributed by atoms with E-state index in [0.717, 1.165) is 0 Å². The Kier molecular flexibility index (Phi) is 5.79. The van der Waals surface area contributed by atoms with Gasteiger partial charge in [0.15, 0.2) is 0 Å². The number of hydrogen-bond donors (Lipinski definition) is 3. The Bertz CT molecular complexity index is 384. The van der Waals surface area contributed by atoms with Gasteiger partial charge in [0.1, 0.15) is 6.04 Å². The lowest BCUT2D eigenvalue weighted by molar-refractivity contribution is -0.146. The van der Waals surface area contributed by atoms with Crippen molar-refractivity contribution in [3.63, 3.8) is 0 Å². The van der Waals surface area contributed by atoms with E-state index in [1.54, 1.807) is 0 Å². The van der Waals surface area contributed by atoms with Crippen molar-refractivity contribution in [1.29, 1.82) is 0 Å². The van der Waals surface area contributed by atoms with E-state index in [4.69, 9.17) is 10.8 Å². The lowest BCUT2D eigenvalue weighted by Crippen LogP contribution is -2.53. The van der Waals surface area contributed by atoms with Crippen LogP contribution in [-0.2, 0) is 9.59 Å². The molecule has 0 aromatic rings. The summed E-state index contributed by atoms with van der Waals surface area (Å²) in [6.07, 6.45) is 1.72. The topological polar surface area (TPSA) is 113 Å². The number of piperidine rings is 1. The molecule has 7 nitrogen and oxygen atoms in total. The maximum absolute atomic E-state index is 12.4. The minimum atomic E-state index is -0.884. The van der Waals surface area contributed by atoms with Crippen molar-refractivity contribution >= 4 is 17.9 Å². The number of carboxylic acid groups (broad SMARTS) is 1. The summed E-state index contributed by atoms with van der Waals surface area (Å²) in [6, 6.07) is -1.42. The standard InChI is InChI=1S/C13H23N3O4/c1-8(2)6-10(15-13(14)20)11(17)16-5-3-4-9(7-16)12(18)19/h8-10H,3-7H2,1-2H3,(H,18,19)(H3,14,15,20). The van der Waals surface area contributed by atoms with Crippen LogP contribution in [0.2, 0.25) is 0 Å². The van der Waals surface area contributed by atoms with Crippen LogP contribution in [0.5, 0.6) is 0 Å². The fraction of sp³-hybridized carbons (Fsp3) is 0.769. The predicted molar refractivity (Wildman–Crippen MR) is 72.9 cm³/mol. The van der Waals surface area contributed by atoms with Gasteiger partial charge in [0.2, 0.25) is 5.91 Å². The van der Waals surface area contributed by atoms with E-state index < -0.39 is 24.0 Å². The Morgan fingerprint density at radius 1 is 1.40 bits per heavy atom. The third kappa shape index (κ3) is 4.71. The molecule has 0 aromatic heterocycles. The summed E-state index contributed by atoms with van der Waals surface area (Å²) in [4.78, 5) is 35.9. The van der Waals surface area contributed by atoms with Crippen LogP contribution < -0.4 is 11.1 Å². The molecule has 20 heavy (non-hydrogen) atoms. The molecule has 0 radical (unpaired) electrons. The molecule has 1 aliphatic heterocycles. The van der Waals surface area contributed by atoms with E-state index in [9.17, 15) is 14.4 Å². The summed E-state index contributed by atoms with van der Waals surface area (Å²) in [7, 11) is 0. The van der Waals surface area contributed by atoms with Gasteiger partial charge in [0, 0.05) is 13.1 Å². The normalized spacial score (nSPS) is 20.6. The predicted octanol–water partition coefficient (Wildman–Crippen LogP) is 0.393. The molecule has 1 heterocycles. The first-order chi connectivity index (χ1) is 9.31. The number of carbonyl (C=O) groups excluding carboxylic acids is 2. The highest BCUT2D eigenvalue weighted by atomic mass is 16.4. The van der Waals surface area contributed by atoms with Gasteiger partial charge in [-0.25, -0.2) is 4.79 Å². The molecule has 0 saturated carbocycles. The van der Waals surface area contributed by atoms with E-state index in [0.29, 0.717) is 25.8 Å². The molecule has 0 aliphatic carbocycles. The smallest absolute Gasteiger partial charge is 0.312 e. The molecule has 0 spiro atoms. The van der Waals surface area contributed by atoms with E-state index >= 15 is 0 Å². The second-order valence-corrected chi connectivity index (χ2v) is 5.65. The van der Waals surface area contributed by atoms with E-state index in [-0.39, 0.29) is 18.4 Å². The minimum absolute atomic E-state index is 0.198. The number of carboxylic acids is 1. The number of rotatable bonds is 5. The zero-order valence-corrected chi connectivity index (χ0v) is 12.0. The summed E-state index contributed by atoms with van der Waals surface area (Å²) < 4.78 is 0.